The summed E-state index contributed by atoms with van der Waals surface area (Å²) in [7, 11) is -3.74. The lowest BCUT2D eigenvalue weighted by Crippen LogP contribution is -2.52. The molecule has 0 bridgehead atoms. The number of hydrogen-bond acceptors (Lipinski definition) is 4. The van der Waals surface area contributed by atoms with E-state index in [1.807, 2.05) is 20.8 Å². The number of amides is 1. The predicted octanol–water partition coefficient (Wildman–Crippen LogP) is 2.06. The Kier molecular flexibility index (Phi) is 8.53. The third-order valence-electron chi connectivity index (χ3n) is 4.49. The second-order valence-corrected chi connectivity index (χ2v) is 8.99. The van der Waals surface area contributed by atoms with Gasteiger partial charge in [0.05, 0.1) is 4.90 Å². The van der Waals surface area contributed by atoms with Gasteiger partial charge in [0.1, 0.15) is 6.04 Å². The van der Waals surface area contributed by atoms with Crippen LogP contribution in [0.15, 0.2) is 29.2 Å². The van der Waals surface area contributed by atoms with Crippen LogP contribution in [-0.4, -0.2) is 44.4 Å². The van der Waals surface area contributed by atoms with Gasteiger partial charge in [-0.3, -0.25) is 4.79 Å². The average molecular weight is 404 g/mol. The van der Waals surface area contributed by atoms with Crippen LogP contribution in [-0.2, 0) is 14.8 Å². The number of benzene rings is 1. The van der Waals surface area contributed by atoms with Gasteiger partial charge >= 0.3 is 0 Å². The van der Waals surface area contributed by atoms with Crippen molar-refractivity contribution in [2.24, 2.45) is 11.7 Å². The molecule has 1 unspecified atom stereocenters. The summed E-state index contributed by atoms with van der Waals surface area (Å²) >= 11 is 0. The highest BCUT2D eigenvalue weighted by Gasteiger charge is 2.31. The number of nitrogens with one attached hydrogen (secondary N) is 1. The Hall–Kier alpha value is -1.15. The van der Waals surface area contributed by atoms with Crippen LogP contribution in [0.1, 0.15) is 38.7 Å². The molecule has 148 valence electrons. The van der Waals surface area contributed by atoms with Gasteiger partial charge in [-0.15, -0.1) is 12.4 Å². The summed E-state index contributed by atoms with van der Waals surface area (Å²) in [6.45, 7) is 7.02. The highest BCUT2D eigenvalue weighted by atomic mass is 35.5. The summed E-state index contributed by atoms with van der Waals surface area (Å²) in [4.78, 5) is 14.8. The molecule has 1 aromatic carbocycles. The fourth-order valence-corrected chi connectivity index (χ4v) is 4.19. The zero-order valence-electron chi connectivity index (χ0n) is 15.6. The second kappa shape index (κ2) is 9.69. The molecule has 1 heterocycles. The highest BCUT2D eigenvalue weighted by molar-refractivity contribution is 7.89. The van der Waals surface area contributed by atoms with E-state index in [1.54, 1.807) is 29.2 Å². The molecule has 3 N–H and O–H groups in total. The molecule has 26 heavy (non-hydrogen) atoms. The standard InChI is InChI=1S/C18H29N3O3S.ClH/c1-13(2)12-17(18(22)21-10-8-15(19)9-11-21)20-25(23,24)16-6-4-14(3)5-7-16;/h4-7,13,15,17,20H,8-12,19H2,1-3H3;1H. The first kappa shape index (κ1) is 22.9. The lowest BCUT2D eigenvalue weighted by atomic mass is 10.0. The molecule has 2 rings (SSSR count). The molecule has 6 nitrogen and oxygen atoms in total. The molecular weight excluding hydrogens is 374 g/mol. The lowest BCUT2D eigenvalue weighted by Gasteiger charge is -2.33. The van der Waals surface area contributed by atoms with Gasteiger partial charge in [-0.1, -0.05) is 31.5 Å². The molecule has 8 heteroatoms. The molecular formula is C18H30ClN3O3S. The van der Waals surface area contributed by atoms with E-state index in [4.69, 9.17) is 5.73 Å². The van der Waals surface area contributed by atoms with Crippen LogP contribution in [0, 0.1) is 12.8 Å². The van der Waals surface area contributed by atoms with E-state index in [2.05, 4.69) is 4.72 Å². The maximum absolute atomic E-state index is 12.9. The Morgan fingerprint density at radius 1 is 1.23 bits per heavy atom. The first-order valence-corrected chi connectivity index (χ1v) is 10.3. The molecule has 0 radical (unpaired) electrons. The number of nitrogens with zero attached hydrogens (tertiary/aromatic N) is 1. The minimum atomic E-state index is -3.74. The van der Waals surface area contributed by atoms with Crippen LogP contribution in [0.25, 0.3) is 0 Å². The van der Waals surface area contributed by atoms with Crippen molar-refractivity contribution in [1.29, 1.82) is 0 Å². The fourth-order valence-electron chi connectivity index (χ4n) is 2.98. The number of nitrogens with two attached hydrogens (primary N) is 1. The van der Waals surface area contributed by atoms with Crippen molar-refractivity contribution >= 4 is 28.3 Å². The molecule has 1 amide bonds. The van der Waals surface area contributed by atoms with Gasteiger partial charge in [-0.2, -0.15) is 4.72 Å². The topological polar surface area (TPSA) is 92.5 Å². The highest BCUT2D eigenvalue weighted by Crippen LogP contribution is 2.17. The Labute approximate surface area is 163 Å². The van der Waals surface area contributed by atoms with Gasteiger partial charge in [0, 0.05) is 19.1 Å². The summed E-state index contributed by atoms with van der Waals surface area (Å²) in [6, 6.07) is 6.00. The monoisotopic (exact) mass is 403 g/mol. The number of carbonyl (C=O) groups is 1. The first-order valence-electron chi connectivity index (χ1n) is 8.82. The maximum Gasteiger partial charge on any atom is 0.241 e. The molecule has 0 aromatic heterocycles. The smallest absolute Gasteiger partial charge is 0.241 e. The van der Waals surface area contributed by atoms with E-state index in [0.29, 0.717) is 19.5 Å². The van der Waals surface area contributed by atoms with Gasteiger partial charge in [0.2, 0.25) is 15.9 Å². The van der Waals surface area contributed by atoms with Crippen molar-refractivity contribution in [2.45, 2.75) is 57.0 Å². The first-order chi connectivity index (χ1) is 11.7. The molecule has 1 fully saturated rings. The number of likely N-dealkylation sites (tertiary alicyclic amines) is 1. The maximum atomic E-state index is 12.9. The van der Waals surface area contributed by atoms with Crippen LogP contribution >= 0.6 is 12.4 Å². The minimum absolute atomic E-state index is 0. The Morgan fingerprint density at radius 3 is 2.27 bits per heavy atom. The van der Waals surface area contributed by atoms with Crippen LogP contribution in [0.3, 0.4) is 0 Å². The van der Waals surface area contributed by atoms with Crippen molar-refractivity contribution in [3.05, 3.63) is 29.8 Å². The van der Waals surface area contributed by atoms with Gasteiger partial charge < -0.3 is 10.6 Å². The van der Waals surface area contributed by atoms with Crippen molar-refractivity contribution in [2.75, 3.05) is 13.1 Å². The van der Waals surface area contributed by atoms with Crippen molar-refractivity contribution in [1.82, 2.24) is 9.62 Å². The number of halogens is 1. The van der Waals surface area contributed by atoms with Crippen LogP contribution in [0.2, 0.25) is 0 Å². The number of sulfonamides is 1. The lowest BCUT2D eigenvalue weighted by molar-refractivity contribution is -0.134. The van der Waals surface area contributed by atoms with Gasteiger partial charge in [-0.25, -0.2) is 8.42 Å². The number of hydrogen-bond donors (Lipinski definition) is 2. The molecule has 1 aliphatic heterocycles. The van der Waals surface area contributed by atoms with Crippen LogP contribution in [0.5, 0.6) is 0 Å². The SMILES string of the molecule is Cc1ccc(S(=O)(=O)NC(CC(C)C)C(=O)N2CCC(N)CC2)cc1.Cl. The van der Waals surface area contributed by atoms with Crippen molar-refractivity contribution in [3.63, 3.8) is 0 Å². The summed E-state index contributed by atoms with van der Waals surface area (Å²) in [5.74, 6) is 0.0398. The zero-order valence-corrected chi connectivity index (χ0v) is 17.3. The largest absolute Gasteiger partial charge is 0.341 e. The Balaban J connectivity index is 0.00000338. The normalized spacial score (nSPS) is 17.0. The number of carbonyl (C=O) groups excluding carboxylic acids is 1. The molecule has 1 atom stereocenters. The number of aryl methyl sites for hydroxylation is 1. The molecule has 1 aliphatic rings. The summed E-state index contributed by atoms with van der Waals surface area (Å²) < 4.78 is 28.0. The van der Waals surface area contributed by atoms with E-state index in [-0.39, 0.29) is 35.2 Å². The number of piperidine rings is 1. The fraction of sp³-hybridized carbons (Fsp3) is 0.611. The van der Waals surface area contributed by atoms with Gasteiger partial charge in [0.25, 0.3) is 0 Å². The zero-order chi connectivity index (χ0) is 18.6. The summed E-state index contributed by atoms with van der Waals surface area (Å²) in [5, 5.41) is 0. The molecule has 1 aromatic rings. The molecule has 0 saturated carbocycles. The minimum Gasteiger partial charge on any atom is -0.341 e. The van der Waals surface area contributed by atoms with E-state index in [9.17, 15) is 13.2 Å². The Morgan fingerprint density at radius 2 is 1.77 bits per heavy atom. The van der Waals surface area contributed by atoms with E-state index in [1.165, 1.54) is 0 Å². The van der Waals surface area contributed by atoms with E-state index >= 15 is 0 Å². The average Bonchev–Trinajstić information content (AvgIpc) is 2.54. The molecule has 1 saturated heterocycles. The van der Waals surface area contributed by atoms with E-state index in [0.717, 1.165) is 18.4 Å². The number of rotatable bonds is 6. The van der Waals surface area contributed by atoms with Crippen molar-refractivity contribution < 1.29 is 13.2 Å². The second-order valence-electron chi connectivity index (χ2n) is 7.28. The van der Waals surface area contributed by atoms with E-state index < -0.39 is 16.1 Å². The van der Waals surface area contributed by atoms with Gasteiger partial charge in [-0.05, 0) is 44.2 Å². The predicted molar refractivity (Wildman–Crippen MR) is 106 cm³/mol. The Bertz CT molecular complexity index is 684. The molecule has 0 spiro atoms. The van der Waals surface area contributed by atoms with Crippen LogP contribution in [0.4, 0.5) is 0 Å². The van der Waals surface area contributed by atoms with Crippen LogP contribution < -0.4 is 10.5 Å². The third-order valence-corrected chi connectivity index (χ3v) is 5.97. The van der Waals surface area contributed by atoms with Gasteiger partial charge in [0.15, 0.2) is 0 Å². The summed E-state index contributed by atoms with van der Waals surface area (Å²) in [6.07, 6.45) is 1.97. The third kappa shape index (κ3) is 6.23. The van der Waals surface area contributed by atoms with Crippen molar-refractivity contribution in [3.8, 4) is 0 Å². The quantitative estimate of drug-likeness (QED) is 0.760. The summed E-state index contributed by atoms with van der Waals surface area (Å²) in [5.41, 5.74) is 6.88. The molecule has 0 aliphatic carbocycles.